The maximum absolute atomic E-state index is 13.4. The molecule has 0 radical (unpaired) electrons. The molecule has 4 aromatic rings. The summed E-state index contributed by atoms with van der Waals surface area (Å²) in [4.78, 5) is 28.3. The molecule has 2 N–H and O–H groups in total. The van der Waals surface area contributed by atoms with E-state index in [1.54, 1.807) is 25.5 Å². The Hall–Kier alpha value is -3.86. The highest BCUT2D eigenvalue weighted by atomic mass is 19.3. The van der Waals surface area contributed by atoms with Crippen LogP contribution in [-0.4, -0.2) is 60.1 Å². The van der Waals surface area contributed by atoms with Crippen LogP contribution in [0, 0.1) is 5.41 Å². The summed E-state index contributed by atoms with van der Waals surface area (Å²) in [5, 5.41) is 6.94. The number of alkyl halides is 2. The third-order valence-electron chi connectivity index (χ3n) is 7.12. The van der Waals surface area contributed by atoms with Crippen molar-refractivity contribution in [3.05, 3.63) is 36.7 Å². The predicted molar refractivity (Wildman–Crippen MR) is 136 cm³/mol. The minimum atomic E-state index is -2.71. The molecule has 1 aliphatic carbocycles. The van der Waals surface area contributed by atoms with Gasteiger partial charge in [-0.25, -0.2) is 23.7 Å². The first-order valence-electron chi connectivity index (χ1n) is 12.2. The number of oxazole rings is 1. The molecule has 2 aliphatic rings. The summed E-state index contributed by atoms with van der Waals surface area (Å²) in [5.74, 6) is 0.400. The van der Waals surface area contributed by atoms with Crippen molar-refractivity contribution < 1.29 is 22.7 Å². The molecule has 1 aromatic carbocycles. The molecule has 1 atom stereocenters. The number of rotatable bonds is 6. The number of pyridine rings is 2. The summed E-state index contributed by atoms with van der Waals surface area (Å²) in [7, 11) is 1.74. The molecule has 2 fully saturated rings. The van der Waals surface area contributed by atoms with E-state index in [1.165, 1.54) is 0 Å². The number of halogens is 2. The maximum atomic E-state index is 13.4. The smallest absolute Gasteiger partial charge is 0.252 e. The van der Waals surface area contributed by atoms with Crippen LogP contribution in [0.15, 0.2) is 41.1 Å². The van der Waals surface area contributed by atoms with E-state index in [4.69, 9.17) is 14.1 Å². The zero-order valence-corrected chi connectivity index (χ0v) is 20.4. The Bertz CT molecular complexity index is 1500. The SMILES string of the molecule is CNc1ncc(-c2nc3cc(N4CCO[C@@H](C)C4)ccc3o2)c2cc(NC(=O)C3(C(F)F)CC3)ncc12. The number of nitrogens with one attached hydrogen (secondary N) is 2. The monoisotopic (exact) mass is 508 g/mol. The fraction of sp³-hybridized carbons (Fsp3) is 0.385. The molecule has 1 saturated carbocycles. The lowest BCUT2D eigenvalue weighted by atomic mass is 10.1. The van der Waals surface area contributed by atoms with E-state index in [9.17, 15) is 13.6 Å². The Morgan fingerprint density at radius 2 is 2.03 bits per heavy atom. The fourth-order valence-corrected chi connectivity index (χ4v) is 4.77. The van der Waals surface area contributed by atoms with Crippen molar-refractivity contribution in [1.29, 1.82) is 0 Å². The number of fused-ring (bicyclic) bond motifs is 2. The van der Waals surface area contributed by atoms with Gasteiger partial charge in [-0.15, -0.1) is 0 Å². The molecular formula is C26H26F2N6O3. The Labute approximate surface area is 211 Å². The van der Waals surface area contributed by atoms with Crippen molar-refractivity contribution in [1.82, 2.24) is 15.0 Å². The number of carbonyl (C=O) groups excluding carboxylic acids is 1. The molecule has 1 amide bonds. The summed E-state index contributed by atoms with van der Waals surface area (Å²) >= 11 is 0. The van der Waals surface area contributed by atoms with Gasteiger partial charge in [-0.1, -0.05) is 0 Å². The molecule has 11 heteroatoms. The number of hydrogen-bond acceptors (Lipinski definition) is 8. The third-order valence-corrected chi connectivity index (χ3v) is 7.12. The molecule has 1 aliphatic heterocycles. The van der Waals surface area contributed by atoms with E-state index in [2.05, 4.69) is 32.4 Å². The van der Waals surface area contributed by atoms with Crippen molar-refractivity contribution in [3.8, 4) is 11.5 Å². The Morgan fingerprint density at radius 1 is 1.19 bits per heavy atom. The highest BCUT2D eigenvalue weighted by Crippen LogP contribution is 2.51. The molecular weight excluding hydrogens is 482 g/mol. The molecule has 0 bridgehead atoms. The van der Waals surface area contributed by atoms with Gasteiger partial charge in [0.05, 0.1) is 18.3 Å². The van der Waals surface area contributed by atoms with E-state index in [0.29, 0.717) is 45.8 Å². The minimum Gasteiger partial charge on any atom is -0.436 e. The van der Waals surface area contributed by atoms with E-state index in [-0.39, 0.29) is 24.8 Å². The molecule has 0 unspecified atom stereocenters. The van der Waals surface area contributed by atoms with E-state index < -0.39 is 17.7 Å². The Kier molecular flexibility index (Phi) is 5.67. The van der Waals surface area contributed by atoms with Crippen LogP contribution in [-0.2, 0) is 9.53 Å². The molecule has 192 valence electrons. The average molecular weight is 509 g/mol. The quantitative estimate of drug-likeness (QED) is 0.387. The molecule has 37 heavy (non-hydrogen) atoms. The van der Waals surface area contributed by atoms with Crippen LogP contribution in [0.5, 0.6) is 0 Å². The number of nitrogens with zero attached hydrogens (tertiary/aromatic N) is 4. The van der Waals surface area contributed by atoms with Crippen LogP contribution in [0.2, 0.25) is 0 Å². The third kappa shape index (κ3) is 4.12. The number of hydrogen-bond donors (Lipinski definition) is 2. The first kappa shape index (κ1) is 23.5. The Morgan fingerprint density at radius 3 is 2.76 bits per heavy atom. The first-order chi connectivity index (χ1) is 17.9. The number of aromatic nitrogens is 3. The largest absolute Gasteiger partial charge is 0.436 e. The van der Waals surface area contributed by atoms with Gasteiger partial charge < -0.3 is 24.7 Å². The first-order valence-corrected chi connectivity index (χ1v) is 12.2. The molecule has 6 rings (SSSR count). The lowest BCUT2D eigenvalue weighted by Gasteiger charge is -2.32. The highest BCUT2D eigenvalue weighted by Gasteiger charge is 2.57. The summed E-state index contributed by atoms with van der Waals surface area (Å²) in [6.45, 7) is 4.32. The summed E-state index contributed by atoms with van der Waals surface area (Å²) in [6, 6.07) is 7.53. The van der Waals surface area contributed by atoms with Gasteiger partial charge in [0.1, 0.15) is 22.6 Å². The van der Waals surface area contributed by atoms with Gasteiger partial charge >= 0.3 is 0 Å². The topological polar surface area (TPSA) is 105 Å². The van der Waals surface area contributed by atoms with Crippen molar-refractivity contribution >= 4 is 45.1 Å². The van der Waals surface area contributed by atoms with E-state index >= 15 is 0 Å². The predicted octanol–water partition coefficient (Wildman–Crippen LogP) is 4.69. The number of amides is 1. The second kappa shape index (κ2) is 8.91. The standard InChI is InChI=1S/C26H26F2N6O3/c1-14-13-34(7-8-36-14)15-3-4-20-19(9-15)32-23(37-20)18-12-31-22(29-2)17-11-30-21(10-16(17)18)33-25(35)26(5-6-26)24(27)28/h3-4,9-12,14,24H,5-8,13H2,1-2H3,(H,29,31)(H,30,33,35)/t14-/m0/s1. The summed E-state index contributed by atoms with van der Waals surface area (Å²) < 4.78 is 38.6. The zero-order valence-electron chi connectivity index (χ0n) is 20.4. The van der Waals surface area contributed by atoms with Crippen molar-refractivity contribution in [2.24, 2.45) is 5.41 Å². The van der Waals surface area contributed by atoms with Crippen LogP contribution < -0.4 is 15.5 Å². The van der Waals surface area contributed by atoms with Crippen molar-refractivity contribution in [3.63, 3.8) is 0 Å². The minimum absolute atomic E-state index is 0.152. The highest BCUT2D eigenvalue weighted by molar-refractivity contribution is 6.04. The van der Waals surface area contributed by atoms with Crippen molar-refractivity contribution in [2.75, 3.05) is 42.3 Å². The van der Waals surface area contributed by atoms with Gasteiger partial charge in [0, 0.05) is 49.0 Å². The number of ether oxygens (including phenoxy) is 1. The molecule has 1 saturated heterocycles. The average Bonchev–Trinajstić information content (AvgIpc) is 3.61. The number of anilines is 3. The number of benzene rings is 1. The molecule has 3 aromatic heterocycles. The lowest BCUT2D eigenvalue weighted by Crippen LogP contribution is -2.41. The van der Waals surface area contributed by atoms with Crippen LogP contribution in [0.25, 0.3) is 33.3 Å². The van der Waals surface area contributed by atoms with Gasteiger partial charge in [0.15, 0.2) is 5.58 Å². The fourth-order valence-electron chi connectivity index (χ4n) is 4.77. The van der Waals surface area contributed by atoms with Gasteiger partial charge in [0.25, 0.3) is 6.43 Å². The molecule has 0 spiro atoms. The number of morpholine rings is 1. The second-order valence-corrected chi connectivity index (χ2v) is 9.60. The molecule has 9 nitrogen and oxygen atoms in total. The zero-order chi connectivity index (χ0) is 25.7. The van der Waals surface area contributed by atoms with Crippen molar-refractivity contribution in [2.45, 2.75) is 32.3 Å². The van der Waals surface area contributed by atoms with E-state index in [1.807, 2.05) is 18.2 Å². The number of carbonyl (C=O) groups is 1. The van der Waals surface area contributed by atoms with Crippen LogP contribution in [0.1, 0.15) is 19.8 Å². The van der Waals surface area contributed by atoms with Gasteiger partial charge in [0.2, 0.25) is 11.8 Å². The van der Waals surface area contributed by atoms with Gasteiger partial charge in [-0.05, 0) is 44.0 Å². The van der Waals surface area contributed by atoms with Crippen LogP contribution >= 0.6 is 0 Å². The Balaban J connectivity index is 1.38. The lowest BCUT2D eigenvalue weighted by molar-refractivity contribution is -0.126. The molecule has 4 heterocycles. The van der Waals surface area contributed by atoms with Crippen LogP contribution in [0.4, 0.5) is 26.1 Å². The maximum Gasteiger partial charge on any atom is 0.252 e. The van der Waals surface area contributed by atoms with Gasteiger partial charge in [-0.3, -0.25) is 4.79 Å². The van der Waals surface area contributed by atoms with Gasteiger partial charge in [-0.2, -0.15) is 0 Å². The normalized spacial score (nSPS) is 18.9. The summed E-state index contributed by atoms with van der Waals surface area (Å²) in [6.07, 6.45) is 0.953. The second-order valence-electron chi connectivity index (χ2n) is 9.60. The van der Waals surface area contributed by atoms with Crippen LogP contribution in [0.3, 0.4) is 0 Å². The summed E-state index contributed by atoms with van der Waals surface area (Å²) in [5.41, 5.74) is 1.34. The van der Waals surface area contributed by atoms with E-state index in [0.717, 1.165) is 18.8 Å².